The second-order valence-electron chi connectivity index (χ2n) is 5.97. The Morgan fingerprint density at radius 1 is 1.50 bits per heavy atom. The van der Waals surface area contributed by atoms with E-state index < -0.39 is 5.97 Å². The summed E-state index contributed by atoms with van der Waals surface area (Å²) in [4.78, 5) is 21.5. The van der Waals surface area contributed by atoms with E-state index in [-0.39, 0.29) is 11.0 Å². The van der Waals surface area contributed by atoms with Crippen LogP contribution in [0, 0.1) is 12.3 Å². The SMILES string of the molecule is Cc1nc(NCC2(C)CCN(C)CC2)ncc1C(=O)O. The number of hydrogen-bond acceptors (Lipinski definition) is 5. The van der Waals surface area contributed by atoms with Crippen LogP contribution in [0.1, 0.15) is 35.8 Å². The van der Waals surface area contributed by atoms with Gasteiger partial charge in [-0.25, -0.2) is 14.8 Å². The second kappa shape index (κ2) is 5.75. The fourth-order valence-electron chi connectivity index (χ4n) is 2.39. The fraction of sp³-hybridized carbons (Fsp3) is 0.643. The molecule has 1 saturated heterocycles. The molecule has 20 heavy (non-hydrogen) atoms. The van der Waals surface area contributed by atoms with Gasteiger partial charge in [-0.2, -0.15) is 0 Å². The molecule has 6 nitrogen and oxygen atoms in total. The van der Waals surface area contributed by atoms with Gasteiger partial charge in [-0.05, 0) is 45.3 Å². The van der Waals surface area contributed by atoms with Crippen molar-refractivity contribution in [3.05, 3.63) is 17.5 Å². The number of nitrogens with zero attached hydrogens (tertiary/aromatic N) is 3. The van der Waals surface area contributed by atoms with Crippen LogP contribution in [0.25, 0.3) is 0 Å². The molecule has 0 radical (unpaired) electrons. The first-order chi connectivity index (χ1) is 9.39. The summed E-state index contributed by atoms with van der Waals surface area (Å²) in [5.41, 5.74) is 0.888. The van der Waals surface area contributed by atoms with Crippen molar-refractivity contribution in [1.29, 1.82) is 0 Å². The topological polar surface area (TPSA) is 78.4 Å². The largest absolute Gasteiger partial charge is 0.478 e. The van der Waals surface area contributed by atoms with Gasteiger partial charge in [0, 0.05) is 12.7 Å². The van der Waals surface area contributed by atoms with Crippen molar-refractivity contribution in [2.45, 2.75) is 26.7 Å². The molecular weight excluding hydrogens is 256 g/mol. The number of anilines is 1. The Balaban J connectivity index is 1.97. The third-order valence-electron chi connectivity index (χ3n) is 4.08. The molecule has 0 unspecified atom stereocenters. The number of carboxylic acids is 1. The molecule has 110 valence electrons. The van der Waals surface area contributed by atoms with Crippen LogP contribution < -0.4 is 5.32 Å². The van der Waals surface area contributed by atoms with E-state index in [1.807, 2.05) is 0 Å². The normalized spacial score (nSPS) is 18.8. The summed E-state index contributed by atoms with van der Waals surface area (Å²) in [6, 6.07) is 0. The van der Waals surface area contributed by atoms with Crippen molar-refractivity contribution in [3.63, 3.8) is 0 Å². The zero-order chi connectivity index (χ0) is 14.8. The number of aryl methyl sites for hydroxylation is 1. The minimum Gasteiger partial charge on any atom is -0.478 e. The van der Waals surface area contributed by atoms with Crippen LogP contribution in [-0.2, 0) is 0 Å². The Hall–Kier alpha value is -1.69. The van der Waals surface area contributed by atoms with Crippen molar-refractivity contribution in [1.82, 2.24) is 14.9 Å². The van der Waals surface area contributed by atoms with Gasteiger partial charge in [-0.1, -0.05) is 6.92 Å². The first-order valence-corrected chi connectivity index (χ1v) is 6.89. The minimum atomic E-state index is -0.990. The third kappa shape index (κ3) is 3.45. The van der Waals surface area contributed by atoms with E-state index in [4.69, 9.17) is 5.11 Å². The van der Waals surface area contributed by atoms with E-state index in [9.17, 15) is 4.79 Å². The quantitative estimate of drug-likeness (QED) is 0.871. The first kappa shape index (κ1) is 14.7. The number of piperidine rings is 1. The average Bonchev–Trinajstić information content (AvgIpc) is 2.40. The molecule has 1 aromatic rings. The van der Waals surface area contributed by atoms with Crippen molar-refractivity contribution in [2.75, 3.05) is 32.0 Å². The highest BCUT2D eigenvalue weighted by molar-refractivity contribution is 5.88. The summed E-state index contributed by atoms with van der Waals surface area (Å²) in [6.07, 6.45) is 3.65. The lowest BCUT2D eigenvalue weighted by Gasteiger charge is -2.37. The highest BCUT2D eigenvalue weighted by atomic mass is 16.4. The number of aromatic nitrogens is 2. The molecule has 6 heteroatoms. The smallest absolute Gasteiger partial charge is 0.339 e. The summed E-state index contributed by atoms with van der Waals surface area (Å²) in [7, 11) is 2.14. The van der Waals surface area contributed by atoms with Gasteiger partial charge in [-0.3, -0.25) is 0 Å². The molecule has 0 aromatic carbocycles. The first-order valence-electron chi connectivity index (χ1n) is 6.89. The molecule has 1 fully saturated rings. The molecule has 0 atom stereocenters. The summed E-state index contributed by atoms with van der Waals surface area (Å²) in [6.45, 7) is 6.98. The maximum Gasteiger partial charge on any atom is 0.339 e. The molecule has 1 aliphatic rings. The van der Waals surface area contributed by atoms with E-state index in [0.717, 1.165) is 32.5 Å². The number of nitrogens with one attached hydrogen (secondary N) is 1. The van der Waals surface area contributed by atoms with Crippen molar-refractivity contribution in [2.24, 2.45) is 5.41 Å². The minimum absolute atomic E-state index is 0.154. The van der Waals surface area contributed by atoms with Gasteiger partial charge in [0.1, 0.15) is 0 Å². The van der Waals surface area contributed by atoms with E-state index in [1.165, 1.54) is 6.20 Å². The predicted molar refractivity (Wildman–Crippen MR) is 77.1 cm³/mol. The molecule has 0 saturated carbocycles. The van der Waals surface area contributed by atoms with Gasteiger partial charge in [0.15, 0.2) is 0 Å². The molecule has 0 bridgehead atoms. The number of carbonyl (C=O) groups is 1. The Morgan fingerprint density at radius 2 is 2.15 bits per heavy atom. The number of hydrogen-bond donors (Lipinski definition) is 2. The summed E-state index contributed by atoms with van der Waals surface area (Å²) in [5, 5.41) is 12.2. The molecular formula is C14H22N4O2. The highest BCUT2D eigenvalue weighted by Crippen LogP contribution is 2.30. The van der Waals surface area contributed by atoms with Gasteiger partial charge in [0.05, 0.1) is 11.3 Å². The van der Waals surface area contributed by atoms with Crippen molar-refractivity contribution in [3.8, 4) is 0 Å². The standard InChI is InChI=1S/C14H22N4O2/c1-10-11(12(19)20)8-15-13(17-10)16-9-14(2)4-6-18(3)7-5-14/h8H,4-7,9H2,1-3H3,(H,19,20)(H,15,16,17). The zero-order valence-electron chi connectivity index (χ0n) is 12.3. The second-order valence-corrected chi connectivity index (χ2v) is 5.97. The number of carboxylic acid groups (broad SMARTS) is 1. The number of aromatic carboxylic acids is 1. The summed E-state index contributed by atoms with van der Waals surface area (Å²) >= 11 is 0. The molecule has 2 N–H and O–H groups in total. The lowest BCUT2D eigenvalue weighted by atomic mass is 9.80. The lowest BCUT2D eigenvalue weighted by Crippen LogP contribution is -2.40. The van der Waals surface area contributed by atoms with Crippen LogP contribution in [0.5, 0.6) is 0 Å². The van der Waals surface area contributed by atoms with E-state index in [0.29, 0.717) is 11.6 Å². The molecule has 1 aromatic heterocycles. The molecule has 0 spiro atoms. The molecule has 2 heterocycles. The van der Waals surface area contributed by atoms with E-state index in [1.54, 1.807) is 6.92 Å². The maximum absolute atomic E-state index is 10.9. The monoisotopic (exact) mass is 278 g/mol. The van der Waals surface area contributed by atoms with E-state index >= 15 is 0 Å². The molecule has 0 amide bonds. The van der Waals surface area contributed by atoms with Crippen LogP contribution in [-0.4, -0.2) is 52.6 Å². The van der Waals surface area contributed by atoms with Crippen LogP contribution >= 0.6 is 0 Å². The van der Waals surface area contributed by atoms with Gasteiger partial charge >= 0.3 is 5.97 Å². The Labute approximate surface area is 119 Å². The summed E-state index contributed by atoms with van der Waals surface area (Å²) in [5.74, 6) is -0.482. The van der Waals surface area contributed by atoms with Gasteiger partial charge in [0.25, 0.3) is 0 Å². The van der Waals surface area contributed by atoms with Gasteiger partial charge in [-0.15, -0.1) is 0 Å². The molecule has 1 aliphatic heterocycles. The average molecular weight is 278 g/mol. The third-order valence-corrected chi connectivity index (χ3v) is 4.08. The van der Waals surface area contributed by atoms with Crippen LogP contribution in [0.2, 0.25) is 0 Å². The Kier molecular flexibility index (Phi) is 4.23. The van der Waals surface area contributed by atoms with Crippen LogP contribution in [0.4, 0.5) is 5.95 Å². The van der Waals surface area contributed by atoms with Crippen LogP contribution in [0.15, 0.2) is 6.20 Å². The van der Waals surface area contributed by atoms with Gasteiger partial charge in [0.2, 0.25) is 5.95 Å². The zero-order valence-corrected chi connectivity index (χ0v) is 12.3. The number of likely N-dealkylation sites (tertiary alicyclic amines) is 1. The van der Waals surface area contributed by atoms with E-state index in [2.05, 4.69) is 34.2 Å². The fourth-order valence-corrected chi connectivity index (χ4v) is 2.39. The number of rotatable bonds is 4. The molecule has 0 aliphatic carbocycles. The maximum atomic E-state index is 10.9. The van der Waals surface area contributed by atoms with Crippen molar-refractivity contribution >= 4 is 11.9 Å². The summed E-state index contributed by atoms with van der Waals surface area (Å²) < 4.78 is 0. The van der Waals surface area contributed by atoms with Crippen molar-refractivity contribution < 1.29 is 9.90 Å². The lowest BCUT2D eigenvalue weighted by molar-refractivity contribution is 0.0695. The van der Waals surface area contributed by atoms with Crippen LogP contribution in [0.3, 0.4) is 0 Å². The Morgan fingerprint density at radius 3 is 2.70 bits per heavy atom. The van der Waals surface area contributed by atoms with Gasteiger partial charge < -0.3 is 15.3 Å². The predicted octanol–water partition coefficient (Wildman–Crippen LogP) is 1.63. The molecule has 2 rings (SSSR count). The highest BCUT2D eigenvalue weighted by Gasteiger charge is 2.28. The Bertz CT molecular complexity index is 496.